The Morgan fingerprint density at radius 1 is 0.667 bits per heavy atom. The predicted octanol–water partition coefficient (Wildman–Crippen LogP) is 3.86. The lowest BCUT2D eigenvalue weighted by Crippen LogP contribution is -2.22. The van der Waals surface area contributed by atoms with Gasteiger partial charge in [0.2, 0.25) is 11.8 Å². The molecule has 2 aromatic carbocycles. The van der Waals surface area contributed by atoms with Crippen molar-refractivity contribution in [2.24, 2.45) is 11.8 Å². The second kappa shape index (κ2) is 7.40. The van der Waals surface area contributed by atoms with Crippen molar-refractivity contribution in [3.05, 3.63) is 58.7 Å². The largest absolute Gasteiger partial charge is 0.326 e. The number of fused-ring (bicyclic) bond motifs is 2. The molecule has 5 aliphatic rings. The lowest BCUT2D eigenvalue weighted by atomic mass is 10.1. The van der Waals surface area contributed by atoms with Crippen LogP contribution >= 0.6 is 0 Å². The fourth-order valence-electron chi connectivity index (χ4n) is 5.75. The molecule has 0 saturated heterocycles. The molecule has 7 rings (SSSR count). The van der Waals surface area contributed by atoms with Crippen molar-refractivity contribution in [3.8, 4) is 0 Å². The second-order valence-corrected chi connectivity index (χ2v) is 10.6. The molecule has 2 atom stereocenters. The van der Waals surface area contributed by atoms with E-state index < -0.39 is 0 Å². The van der Waals surface area contributed by atoms with Crippen LogP contribution in [-0.4, -0.2) is 33.7 Å². The first-order chi connectivity index (χ1) is 16.1. The minimum Gasteiger partial charge on any atom is -0.326 e. The van der Waals surface area contributed by atoms with E-state index in [-0.39, 0.29) is 23.7 Å². The first-order valence-electron chi connectivity index (χ1n) is 12.5. The van der Waals surface area contributed by atoms with Crippen molar-refractivity contribution in [2.45, 2.75) is 70.4 Å². The molecule has 0 aromatic heterocycles. The summed E-state index contributed by atoms with van der Waals surface area (Å²) >= 11 is 0. The lowest BCUT2D eigenvalue weighted by molar-refractivity contribution is -0.122. The standard InChI is InChI=1S/C27H30N4O2/c32-26(28-24-5-1-3-16-12-30(14-22(16)24)18-7-8-18)20-11-21(20)27(33)29-25-6-2-4-17-13-31(15-23(17)25)19-9-10-19/h1-6,18-21H,7-15H2,(H,28,32)(H,29,33). The number of hydrogen-bond donors (Lipinski definition) is 2. The third kappa shape index (κ3) is 3.65. The first kappa shape index (κ1) is 19.7. The van der Waals surface area contributed by atoms with Crippen LogP contribution in [0.1, 0.15) is 54.4 Å². The van der Waals surface area contributed by atoms with Crippen LogP contribution < -0.4 is 10.6 Å². The van der Waals surface area contributed by atoms with Gasteiger partial charge >= 0.3 is 0 Å². The highest BCUT2D eigenvalue weighted by atomic mass is 16.2. The minimum atomic E-state index is -0.235. The zero-order chi connectivity index (χ0) is 22.1. The summed E-state index contributed by atoms with van der Waals surface area (Å²) in [7, 11) is 0. The monoisotopic (exact) mass is 442 g/mol. The van der Waals surface area contributed by atoms with Gasteiger partial charge in [0.15, 0.2) is 0 Å². The van der Waals surface area contributed by atoms with Crippen molar-refractivity contribution in [2.75, 3.05) is 10.6 Å². The molecule has 33 heavy (non-hydrogen) atoms. The van der Waals surface area contributed by atoms with E-state index in [0.717, 1.165) is 37.6 Å². The van der Waals surface area contributed by atoms with Gasteiger partial charge in [-0.25, -0.2) is 0 Å². The fourth-order valence-corrected chi connectivity index (χ4v) is 5.75. The Morgan fingerprint density at radius 3 is 1.55 bits per heavy atom. The maximum absolute atomic E-state index is 13.0. The van der Waals surface area contributed by atoms with E-state index in [2.05, 4.69) is 32.6 Å². The number of carbonyl (C=O) groups is 2. The predicted molar refractivity (Wildman–Crippen MR) is 126 cm³/mol. The van der Waals surface area contributed by atoms with E-state index in [4.69, 9.17) is 0 Å². The molecule has 2 N–H and O–H groups in total. The summed E-state index contributed by atoms with van der Waals surface area (Å²) in [5, 5.41) is 6.29. The van der Waals surface area contributed by atoms with Gasteiger partial charge in [-0.3, -0.25) is 19.4 Å². The zero-order valence-electron chi connectivity index (χ0n) is 18.8. The highest BCUT2D eigenvalue weighted by Gasteiger charge is 2.48. The summed E-state index contributed by atoms with van der Waals surface area (Å²) in [6.07, 6.45) is 5.79. The van der Waals surface area contributed by atoms with Crippen molar-refractivity contribution < 1.29 is 9.59 Å². The molecule has 0 spiro atoms. The zero-order valence-corrected chi connectivity index (χ0v) is 18.8. The van der Waals surface area contributed by atoms with E-state index >= 15 is 0 Å². The van der Waals surface area contributed by atoms with Crippen LogP contribution in [-0.2, 0) is 35.8 Å². The molecule has 170 valence electrons. The van der Waals surface area contributed by atoms with Crippen LogP contribution in [0.25, 0.3) is 0 Å². The Morgan fingerprint density at radius 2 is 1.12 bits per heavy atom. The van der Waals surface area contributed by atoms with Gasteiger partial charge in [0.1, 0.15) is 0 Å². The van der Waals surface area contributed by atoms with Gasteiger partial charge in [-0.05, 0) is 66.5 Å². The number of rotatable bonds is 6. The average molecular weight is 443 g/mol. The summed E-state index contributed by atoms with van der Waals surface area (Å²) in [6, 6.07) is 13.8. The van der Waals surface area contributed by atoms with E-state index in [1.54, 1.807) is 0 Å². The molecule has 2 aliphatic heterocycles. The van der Waals surface area contributed by atoms with Crippen LogP contribution in [0.4, 0.5) is 11.4 Å². The summed E-state index contributed by atoms with van der Waals surface area (Å²) in [6.45, 7) is 3.81. The molecular weight excluding hydrogens is 412 g/mol. The van der Waals surface area contributed by atoms with Gasteiger partial charge < -0.3 is 10.6 Å². The summed E-state index contributed by atoms with van der Waals surface area (Å²) in [5.74, 6) is -0.513. The Kier molecular flexibility index (Phi) is 4.43. The number of benzene rings is 2. The fraction of sp³-hybridized carbons (Fsp3) is 0.481. The molecule has 0 radical (unpaired) electrons. The number of anilines is 2. The maximum atomic E-state index is 13.0. The minimum absolute atomic E-state index is 0.0216. The summed E-state index contributed by atoms with van der Waals surface area (Å²) < 4.78 is 0. The van der Waals surface area contributed by atoms with Gasteiger partial charge in [-0.15, -0.1) is 0 Å². The van der Waals surface area contributed by atoms with E-state index in [1.807, 2.05) is 24.3 Å². The Hall–Kier alpha value is -2.70. The number of nitrogens with zero attached hydrogens (tertiary/aromatic N) is 2. The molecule has 3 fully saturated rings. The Balaban J connectivity index is 0.994. The number of nitrogens with one attached hydrogen (secondary N) is 2. The second-order valence-electron chi connectivity index (χ2n) is 10.6. The molecule has 2 aromatic rings. The molecule has 6 nitrogen and oxygen atoms in total. The summed E-state index contributed by atoms with van der Waals surface area (Å²) in [5.41, 5.74) is 6.99. The first-order valence-corrected chi connectivity index (χ1v) is 12.5. The quantitative estimate of drug-likeness (QED) is 0.713. The van der Waals surface area contributed by atoms with Gasteiger partial charge in [-0.2, -0.15) is 0 Å². The highest BCUT2D eigenvalue weighted by molar-refractivity contribution is 6.03. The van der Waals surface area contributed by atoms with E-state index in [1.165, 1.54) is 47.9 Å². The van der Waals surface area contributed by atoms with E-state index in [0.29, 0.717) is 18.5 Å². The normalized spacial score (nSPS) is 26.1. The highest BCUT2D eigenvalue weighted by Crippen LogP contribution is 2.43. The molecule has 2 unspecified atom stereocenters. The van der Waals surface area contributed by atoms with Gasteiger partial charge in [0.25, 0.3) is 0 Å². The lowest BCUT2D eigenvalue weighted by Gasteiger charge is -2.14. The smallest absolute Gasteiger partial charge is 0.228 e. The number of hydrogen-bond acceptors (Lipinski definition) is 4. The van der Waals surface area contributed by atoms with Crippen LogP contribution in [0.2, 0.25) is 0 Å². The Bertz CT molecular complexity index is 1060. The van der Waals surface area contributed by atoms with Crippen molar-refractivity contribution in [1.29, 1.82) is 0 Å². The Labute approximate surface area is 194 Å². The van der Waals surface area contributed by atoms with Crippen molar-refractivity contribution >= 4 is 23.2 Å². The molecule has 6 heteroatoms. The van der Waals surface area contributed by atoms with E-state index in [9.17, 15) is 9.59 Å². The number of amides is 2. The molecule has 2 heterocycles. The number of carbonyl (C=O) groups excluding carboxylic acids is 2. The third-order valence-electron chi connectivity index (χ3n) is 8.12. The molecule has 0 bridgehead atoms. The molecule has 3 aliphatic carbocycles. The molecule has 2 amide bonds. The van der Waals surface area contributed by atoms with Crippen LogP contribution in [0.5, 0.6) is 0 Å². The topological polar surface area (TPSA) is 64.7 Å². The van der Waals surface area contributed by atoms with Crippen LogP contribution in [0.15, 0.2) is 36.4 Å². The molecule has 3 saturated carbocycles. The van der Waals surface area contributed by atoms with Gasteiger partial charge in [-0.1, -0.05) is 24.3 Å². The summed E-state index contributed by atoms with van der Waals surface area (Å²) in [4.78, 5) is 31.0. The van der Waals surface area contributed by atoms with Crippen molar-refractivity contribution in [1.82, 2.24) is 9.80 Å². The van der Waals surface area contributed by atoms with Crippen LogP contribution in [0.3, 0.4) is 0 Å². The van der Waals surface area contributed by atoms with Crippen LogP contribution in [0, 0.1) is 11.8 Å². The van der Waals surface area contributed by atoms with Gasteiger partial charge in [0.05, 0.1) is 11.8 Å². The molecular formula is C27H30N4O2. The van der Waals surface area contributed by atoms with Gasteiger partial charge in [0, 0.05) is 49.6 Å². The SMILES string of the molecule is O=C(Nc1cccc2c1CN(C1CC1)C2)C1CC1C(=O)Nc1cccc2c1CN(C1CC1)C2. The maximum Gasteiger partial charge on any atom is 0.228 e. The average Bonchev–Trinajstić information content (AvgIpc) is 3.69. The third-order valence-corrected chi connectivity index (χ3v) is 8.12. The van der Waals surface area contributed by atoms with Crippen molar-refractivity contribution in [3.63, 3.8) is 0 Å².